The van der Waals surface area contributed by atoms with E-state index in [2.05, 4.69) is 30.1 Å². The zero-order valence-corrected chi connectivity index (χ0v) is 20.2. The van der Waals surface area contributed by atoms with E-state index in [1.54, 1.807) is 11.8 Å². The van der Waals surface area contributed by atoms with Crippen LogP contribution in [0.1, 0.15) is 42.9 Å². The summed E-state index contributed by atoms with van der Waals surface area (Å²) in [6.45, 7) is 6.45. The van der Waals surface area contributed by atoms with Crippen molar-refractivity contribution in [2.75, 3.05) is 39.6 Å². The summed E-state index contributed by atoms with van der Waals surface area (Å²) in [5, 5.41) is 1.13. The van der Waals surface area contributed by atoms with Gasteiger partial charge in [-0.15, -0.1) is 0 Å². The molecule has 184 valence electrons. The largest absolute Gasteiger partial charge is 0.454 e. The number of rotatable bonds is 6. The molecule has 0 unspecified atom stereocenters. The molecule has 0 saturated carbocycles. The van der Waals surface area contributed by atoms with Gasteiger partial charge in [0.25, 0.3) is 0 Å². The lowest BCUT2D eigenvalue weighted by molar-refractivity contribution is -0.133. The lowest BCUT2D eigenvalue weighted by Gasteiger charge is -2.34. The third-order valence-corrected chi connectivity index (χ3v) is 6.93. The Kier molecular flexibility index (Phi) is 6.53. The van der Waals surface area contributed by atoms with Crippen molar-refractivity contribution in [3.05, 3.63) is 59.3 Å². The van der Waals surface area contributed by atoms with Crippen LogP contribution in [0.5, 0.6) is 11.5 Å². The first-order valence-electron chi connectivity index (χ1n) is 12.3. The van der Waals surface area contributed by atoms with Crippen LogP contribution < -0.4 is 9.47 Å². The van der Waals surface area contributed by atoms with E-state index < -0.39 is 0 Å². The number of aromatic amines is 1. The minimum atomic E-state index is -0.316. The fourth-order valence-corrected chi connectivity index (χ4v) is 5.02. The first-order valence-corrected chi connectivity index (χ1v) is 12.3. The van der Waals surface area contributed by atoms with E-state index in [9.17, 15) is 9.59 Å². The zero-order valence-electron chi connectivity index (χ0n) is 20.2. The second-order valence-corrected chi connectivity index (χ2v) is 8.87. The quantitative estimate of drug-likeness (QED) is 0.573. The fourth-order valence-electron chi connectivity index (χ4n) is 5.02. The summed E-state index contributed by atoms with van der Waals surface area (Å²) in [7, 11) is 0. The van der Waals surface area contributed by atoms with Gasteiger partial charge in [0.15, 0.2) is 11.5 Å². The van der Waals surface area contributed by atoms with Gasteiger partial charge < -0.3 is 29.0 Å². The number of para-hydroxylation sites is 1. The van der Waals surface area contributed by atoms with Gasteiger partial charge in [-0.05, 0) is 42.2 Å². The molecule has 1 aromatic heterocycles. The molecule has 1 saturated heterocycles. The maximum atomic E-state index is 13.5. The first kappa shape index (κ1) is 23.1. The summed E-state index contributed by atoms with van der Waals surface area (Å²) < 4.78 is 16.2. The number of nitrogens with one attached hydrogen (secondary N) is 1. The number of hydrogen-bond donors (Lipinski definition) is 1. The lowest BCUT2D eigenvalue weighted by atomic mass is 9.87. The van der Waals surface area contributed by atoms with E-state index in [0.717, 1.165) is 34.2 Å². The van der Waals surface area contributed by atoms with E-state index in [-0.39, 0.29) is 24.7 Å². The molecular formula is C27H31N3O5. The van der Waals surface area contributed by atoms with E-state index in [4.69, 9.17) is 14.2 Å². The van der Waals surface area contributed by atoms with E-state index in [1.165, 1.54) is 5.56 Å². The molecule has 3 heterocycles. The highest BCUT2D eigenvalue weighted by Crippen LogP contribution is 2.40. The van der Waals surface area contributed by atoms with Crippen molar-refractivity contribution in [2.24, 2.45) is 0 Å². The summed E-state index contributed by atoms with van der Waals surface area (Å²) in [6, 6.07) is 12.2. The van der Waals surface area contributed by atoms with Crippen LogP contribution in [0.3, 0.4) is 0 Å². The van der Waals surface area contributed by atoms with Gasteiger partial charge >= 0.3 is 6.09 Å². The van der Waals surface area contributed by atoms with Crippen molar-refractivity contribution >= 4 is 22.9 Å². The van der Waals surface area contributed by atoms with E-state index >= 15 is 0 Å². The normalized spacial score (nSPS) is 15.9. The van der Waals surface area contributed by atoms with Crippen molar-refractivity contribution in [1.29, 1.82) is 0 Å². The number of carbonyl (C=O) groups excluding carboxylic acids is 2. The molecule has 5 rings (SSSR count). The fraction of sp³-hybridized carbons (Fsp3) is 0.407. The number of aryl methyl sites for hydroxylation is 1. The summed E-state index contributed by atoms with van der Waals surface area (Å²) in [6.07, 6.45) is 2.96. The van der Waals surface area contributed by atoms with Gasteiger partial charge in [-0.3, -0.25) is 4.79 Å². The molecule has 0 aliphatic carbocycles. The molecule has 35 heavy (non-hydrogen) atoms. The molecule has 0 spiro atoms. The Bertz CT molecular complexity index is 1230. The van der Waals surface area contributed by atoms with Gasteiger partial charge in [0, 0.05) is 55.6 Å². The molecule has 3 aromatic rings. The monoisotopic (exact) mass is 477 g/mol. The van der Waals surface area contributed by atoms with Gasteiger partial charge in [0.05, 0.1) is 6.61 Å². The van der Waals surface area contributed by atoms with Crippen molar-refractivity contribution in [3.8, 4) is 11.5 Å². The molecule has 1 atom stereocenters. The predicted molar refractivity (Wildman–Crippen MR) is 132 cm³/mol. The number of ether oxygens (including phenoxy) is 3. The molecule has 2 aromatic carbocycles. The number of fused-ring (bicyclic) bond motifs is 2. The molecule has 2 amide bonds. The van der Waals surface area contributed by atoms with Crippen LogP contribution in [0.2, 0.25) is 0 Å². The van der Waals surface area contributed by atoms with Crippen LogP contribution >= 0.6 is 0 Å². The van der Waals surface area contributed by atoms with Crippen molar-refractivity contribution in [3.63, 3.8) is 0 Å². The Morgan fingerprint density at radius 2 is 1.80 bits per heavy atom. The number of amides is 2. The van der Waals surface area contributed by atoms with Crippen molar-refractivity contribution in [2.45, 2.75) is 32.6 Å². The highest BCUT2D eigenvalue weighted by molar-refractivity contribution is 5.88. The van der Waals surface area contributed by atoms with Gasteiger partial charge in [0.1, 0.15) is 0 Å². The molecule has 8 nitrogen and oxygen atoms in total. The SMILES string of the molecule is CCOC(=O)N1CCN(C(=O)C[C@H](c2ccc3c(c2)OCO3)c2c[nH]c3c(CC)cccc23)CC1. The van der Waals surface area contributed by atoms with Gasteiger partial charge in [0.2, 0.25) is 12.7 Å². The Hall–Kier alpha value is -3.68. The molecule has 8 heteroatoms. The van der Waals surface area contributed by atoms with Crippen LogP contribution in [-0.2, 0) is 16.0 Å². The average Bonchev–Trinajstić information content (AvgIpc) is 3.54. The molecular weight excluding hydrogens is 446 g/mol. The van der Waals surface area contributed by atoms with Crippen LogP contribution in [0.25, 0.3) is 10.9 Å². The van der Waals surface area contributed by atoms with Crippen LogP contribution in [0.15, 0.2) is 42.6 Å². The molecule has 1 fully saturated rings. The molecule has 0 bridgehead atoms. The maximum Gasteiger partial charge on any atom is 0.409 e. The molecule has 1 N–H and O–H groups in total. The molecule has 2 aliphatic rings. The maximum absolute atomic E-state index is 13.5. The number of benzene rings is 2. The second-order valence-electron chi connectivity index (χ2n) is 8.87. The Labute approximate surface area is 204 Å². The predicted octanol–water partition coefficient (Wildman–Crippen LogP) is 4.28. The number of nitrogens with zero attached hydrogens (tertiary/aromatic N) is 2. The average molecular weight is 478 g/mol. The summed E-state index contributed by atoms with van der Waals surface area (Å²) in [4.78, 5) is 32.5. The van der Waals surface area contributed by atoms with Crippen molar-refractivity contribution < 1.29 is 23.8 Å². The topological polar surface area (TPSA) is 84.1 Å². The third kappa shape index (κ3) is 4.52. The van der Waals surface area contributed by atoms with Crippen LogP contribution in [0, 0.1) is 0 Å². The Morgan fingerprint density at radius 1 is 1.03 bits per heavy atom. The summed E-state index contributed by atoms with van der Waals surface area (Å²) in [5.74, 6) is 1.34. The van der Waals surface area contributed by atoms with Gasteiger partial charge in [-0.1, -0.05) is 31.2 Å². The minimum Gasteiger partial charge on any atom is -0.454 e. The minimum absolute atomic E-state index is 0.0668. The first-order chi connectivity index (χ1) is 17.1. The van der Waals surface area contributed by atoms with E-state index in [1.807, 2.05) is 29.3 Å². The van der Waals surface area contributed by atoms with Crippen LogP contribution in [-0.4, -0.2) is 66.4 Å². The number of H-pyrrole nitrogens is 1. The third-order valence-electron chi connectivity index (χ3n) is 6.93. The molecule has 2 aliphatic heterocycles. The Morgan fingerprint density at radius 3 is 2.57 bits per heavy atom. The summed E-state index contributed by atoms with van der Waals surface area (Å²) in [5.41, 5.74) is 4.47. The smallest absolute Gasteiger partial charge is 0.409 e. The highest BCUT2D eigenvalue weighted by Gasteiger charge is 2.29. The van der Waals surface area contributed by atoms with E-state index in [0.29, 0.717) is 45.0 Å². The number of piperazine rings is 1. The zero-order chi connectivity index (χ0) is 24.4. The highest BCUT2D eigenvalue weighted by atomic mass is 16.7. The lowest BCUT2D eigenvalue weighted by Crippen LogP contribution is -2.50. The Balaban J connectivity index is 1.42. The van der Waals surface area contributed by atoms with Crippen molar-refractivity contribution in [1.82, 2.24) is 14.8 Å². The van der Waals surface area contributed by atoms with Gasteiger partial charge in [-0.25, -0.2) is 4.79 Å². The second kappa shape index (κ2) is 9.90. The number of carbonyl (C=O) groups is 2. The summed E-state index contributed by atoms with van der Waals surface area (Å²) >= 11 is 0. The standard InChI is InChI=1S/C27H31N3O5/c1-3-18-6-5-7-20-22(16-28-26(18)20)21(19-8-9-23-24(14-19)35-17-34-23)15-25(31)29-10-12-30(13-11-29)27(32)33-4-2/h5-9,14,16,21,28H,3-4,10-13,15,17H2,1-2H3/t21-/m1/s1. The van der Waals surface area contributed by atoms with Crippen LogP contribution in [0.4, 0.5) is 4.79 Å². The number of aromatic nitrogens is 1. The number of hydrogen-bond acceptors (Lipinski definition) is 5. The molecule has 0 radical (unpaired) electrons. The van der Waals surface area contributed by atoms with Gasteiger partial charge in [-0.2, -0.15) is 0 Å².